The first-order valence-electron chi connectivity index (χ1n) is 27.9. The third-order valence-electron chi connectivity index (χ3n) is 12.6. The van der Waals surface area contributed by atoms with Crippen molar-refractivity contribution < 1.29 is 24.5 Å². The molecule has 64 heavy (non-hydrogen) atoms. The summed E-state index contributed by atoms with van der Waals surface area (Å²) in [6.45, 7) is 4.87. The van der Waals surface area contributed by atoms with Gasteiger partial charge in [0.1, 0.15) is 0 Å². The van der Waals surface area contributed by atoms with Gasteiger partial charge >= 0.3 is 5.97 Å². The largest absolute Gasteiger partial charge is 0.466 e. The molecule has 0 saturated heterocycles. The average molecular weight is 898 g/mol. The number of carbonyl (C=O) groups is 2. The number of esters is 1. The maximum absolute atomic E-state index is 12.5. The second kappa shape index (κ2) is 53.4. The molecular weight excluding hydrogens is 791 g/mol. The zero-order valence-electron chi connectivity index (χ0n) is 42.5. The van der Waals surface area contributed by atoms with E-state index in [1.54, 1.807) is 0 Å². The van der Waals surface area contributed by atoms with Crippen LogP contribution in [-0.4, -0.2) is 47.4 Å². The van der Waals surface area contributed by atoms with Crippen molar-refractivity contribution in [1.29, 1.82) is 0 Å². The van der Waals surface area contributed by atoms with Gasteiger partial charge in [0, 0.05) is 12.8 Å². The molecule has 6 heteroatoms. The molecule has 3 N–H and O–H groups in total. The van der Waals surface area contributed by atoms with E-state index in [9.17, 15) is 19.8 Å². The van der Waals surface area contributed by atoms with Gasteiger partial charge in [-0.15, -0.1) is 0 Å². The number of aliphatic hydroxyl groups excluding tert-OH is 2. The van der Waals surface area contributed by atoms with Crippen LogP contribution in [0.5, 0.6) is 0 Å². The Morgan fingerprint density at radius 1 is 0.453 bits per heavy atom. The summed E-state index contributed by atoms with van der Waals surface area (Å²) in [5, 5.41) is 23.2. The van der Waals surface area contributed by atoms with E-state index in [2.05, 4.69) is 67.8 Å². The molecule has 0 aromatic heterocycles. The molecule has 0 heterocycles. The molecule has 2 atom stereocenters. The van der Waals surface area contributed by atoms with Gasteiger partial charge in [-0.05, 0) is 89.9 Å². The maximum atomic E-state index is 12.5. The lowest BCUT2D eigenvalue weighted by Gasteiger charge is -2.22. The lowest BCUT2D eigenvalue weighted by atomic mass is 10.0. The third-order valence-corrected chi connectivity index (χ3v) is 12.6. The Morgan fingerprint density at radius 3 is 1.31 bits per heavy atom. The zero-order valence-corrected chi connectivity index (χ0v) is 42.5. The topological polar surface area (TPSA) is 95.9 Å². The van der Waals surface area contributed by atoms with Crippen LogP contribution in [0.2, 0.25) is 0 Å². The Kier molecular flexibility index (Phi) is 51.6. The monoisotopic (exact) mass is 898 g/mol. The molecule has 0 aliphatic heterocycles. The third kappa shape index (κ3) is 49.3. The zero-order chi connectivity index (χ0) is 46.5. The minimum Gasteiger partial charge on any atom is -0.466 e. The lowest BCUT2D eigenvalue weighted by Crippen LogP contribution is -2.45. The smallest absolute Gasteiger partial charge is 0.305 e. The number of carbonyl (C=O) groups excluding carboxylic acids is 2. The fourth-order valence-electron chi connectivity index (χ4n) is 8.31. The molecule has 374 valence electrons. The fourth-order valence-corrected chi connectivity index (χ4v) is 8.31. The Balaban J connectivity index is 3.52. The summed E-state index contributed by atoms with van der Waals surface area (Å²) >= 11 is 0. The number of unbranched alkanes of at least 4 members (excludes halogenated alkanes) is 33. The molecule has 0 bridgehead atoms. The lowest BCUT2D eigenvalue weighted by molar-refractivity contribution is -0.143. The minimum absolute atomic E-state index is 0.0298. The van der Waals surface area contributed by atoms with Crippen molar-refractivity contribution in [3.63, 3.8) is 0 Å². The van der Waals surface area contributed by atoms with Crippen LogP contribution in [0.4, 0.5) is 0 Å². The summed E-state index contributed by atoms with van der Waals surface area (Å²) in [4.78, 5) is 24.5. The van der Waals surface area contributed by atoms with E-state index >= 15 is 0 Å². The van der Waals surface area contributed by atoms with Crippen molar-refractivity contribution >= 4 is 11.9 Å². The molecule has 0 fully saturated rings. The summed E-state index contributed by atoms with van der Waals surface area (Å²) < 4.78 is 5.45. The number of rotatable bonds is 51. The molecule has 2 unspecified atom stereocenters. The Bertz CT molecular complexity index is 1080. The van der Waals surface area contributed by atoms with Crippen LogP contribution in [0.15, 0.2) is 48.6 Å². The number of amides is 1. The maximum Gasteiger partial charge on any atom is 0.305 e. The van der Waals surface area contributed by atoms with E-state index in [0.29, 0.717) is 25.9 Å². The number of nitrogens with one attached hydrogen (secondary N) is 1. The second-order valence-corrected chi connectivity index (χ2v) is 18.9. The molecular formula is C58H107NO5. The first kappa shape index (κ1) is 61.8. The molecule has 0 radical (unpaired) electrons. The Hall–Kier alpha value is -2.18. The van der Waals surface area contributed by atoms with E-state index in [1.807, 2.05) is 0 Å². The molecule has 0 aromatic rings. The first-order chi connectivity index (χ1) is 31.5. The summed E-state index contributed by atoms with van der Waals surface area (Å²) in [6, 6.07) is -0.559. The van der Waals surface area contributed by atoms with E-state index in [0.717, 1.165) is 83.5 Å². The Labute approximate surface area is 397 Å². The normalized spacial score (nSPS) is 13.0. The van der Waals surface area contributed by atoms with Gasteiger partial charge in [-0.25, -0.2) is 0 Å². The molecule has 0 spiro atoms. The predicted molar refractivity (Wildman–Crippen MR) is 278 cm³/mol. The molecule has 0 saturated carbocycles. The SMILES string of the molecule is CCCCC/C=C\C/C=C\CCCCCCCCCC(=O)OCCCCC/C=C\C=C/CCCCCCCCC(=O)NC(CO)C(O)CCCCCCCCCCCCCCCCC. The fraction of sp³-hybridized carbons (Fsp3) is 0.828. The highest BCUT2D eigenvalue weighted by molar-refractivity contribution is 5.76. The molecule has 6 nitrogen and oxygen atoms in total. The van der Waals surface area contributed by atoms with Crippen LogP contribution in [0.3, 0.4) is 0 Å². The highest BCUT2D eigenvalue weighted by Crippen LogP contribution is 2.16. The molecule has 0 aromatic carbocycles. The molecule has 0 aliphatic carbocycles. The summed E-state index contributed by atoms with van der Waals surface area (Å²) in [6.07, 6.45) is 66.6. The number of ether oxygens (including phenoxy) is 1. The van der Waals surface area contributed by atoms with Gasteiger partial charge in [0.05, 0.1) is 25.4 Å². The molecule has 1 amide bonds. The van der Waals surface area contributed by atoms with Crippen molar-refractivity contribution in [3.05, 3.63) is 48.6 Å². The van der Waals surface area contributed by atoms with Gasteiger partial charge in [0.25, 0.3) is 0 Å². The van der Waals surface area contributed by atoms with Crippen molar-refractivity contribution in [2.45, 2.75) is 296 Å². The minimum atomic E-state index is -0.680. The van der Waals surface area contributed by atoms with Crippen molar-refractivity contribution in [3.8, 4) is 0 Å². The van der Waals surface area contributed by atoms with Crippen LogP contribution in [-0.2, 0) is 14.3 Å². The highest BCUT2D eigenvalue weighted by Gasteiger charge is 2.20. The van der Waals surface area contributed by atoms with Crippen molar-refractivity contribution in [2.24, 2.45) is 0 Å². The van der Waals surface area contributed by atoms with Crippen LogP contribution in [0.1, 0.15) is 284 Å². The van der Waals surface area contributed by atoms with E-state index in [-0.39, 0.29) is 18.5 Å². The van der Waals surface area contributed by atoms with E-state index in [4.69, 9.17) is 4.74 Å². The first-order valence-corrected chi connectivity index (χ1v) is 27.9. The second-order valence-electron chi connectivity index (χ2n) is 18.9. The van der Waals surface area contributed by atoms with Crippen LogP contribution >= 0.6 is 0 Å². The van der Waals surface area contributed by atoms with Crippen LogP contribution in [0, 0.1) is 0 Å². The average Bonchev–Trinajstić information content (AvgIpc) is 3.29. The van der Waals surface area contributed by atoms with Gasteiger partial charge in [0.2, 0.25) is 5.91 Å². The predicted octanol–water partition coefficient (Wildman–Crippen LogP) is 17.0. The summed E-state index contributed by atoms with van der Waals surface area (Å²) in [5.74, 6) is -0.0879. The van der Waals surface area contributed by atoms with Gasteiger partial charge in [0.15, 0.2) is 0 Å². The quantitative estimate of drug-likeness (QED) is 0.0245. The van der Waals surface area contributed by atoms with E-state index in [1.165, 1.54) is 167 Å². The van der Waals surface area contributed by atoms with Gasteiger partial charge in [-0.2, -0.15) is 0 Å². The number of hydrogen-bond donors (Lipinski definition) is 3. The van der Waals surface area contributed by atoms with Gasteiger partial charge in [-0.3, -0.25) is 9.59 Å². The standard InChI is InChI=1S/C58H107NO5/c1-3-5-7-9-11-13-15-17-19-20-24-28-32-36-40-44-48-52-58(63)64-53-49-45-41-37-33-29-25-21-23-27-31-35-39-43-47-51-57(62)59-55(54-60)56(61)50-46-42-38-34-30-26-22-18-16-14-12-10-8-6-4-2/h11,13,17,19,21,25,29,33,55-56,60-61H,3-10,12,14-16,18,20,22-24,26-28,30-32,34-54H2,1-2H3,(H,59,62)/b13-11-,19-17-,25-21-,33-29-. The molecule has 0 aliphatic rings. The number of hydrogen-bond acceptors (Lipinski definition) is 5. The van der Waals surface area contributed by atoms with Crippen molar-refractivity contribution in [1.82, 2.24) is 5.32 Å². The van der Waals surface area contributed by atoms with Gasteiger partial charge in [-0.1, -0.05) is 229 Å². The number of allylic oxidation sites excluding steroid dienone is 8. The Morgan fingerprint density at radius 2 is 0.828 bits per heavy atom. The van der Waals surface area contributed by atoms with Crippen LogP contribution in [0.25, 0.3) is 0 Å². The summed E-state index contributed by atoms with van der Waals surface area (Å²) in [5.41, 5.74) is 0. The van der Waals surface area contributed by atoms with Crippen molar-refractivity contribution in [2.75, 3.05) is 13.2 Å². The number of aliphatic hydroxyl groups is 2. The van der Waals surface area contributed by atoms with Gasteiger partial charge < -0.3 is 20.3 Å². The molecule has 0 rings (SSSR count). The summed E-state index contributed by atoms with van der Waals surface area (Å²) in [7, 11) is 0. The van der Waals surface area contributed by atoms with E-state index < -0.39 is 12.1 Å². The highest BCUT2D eigenvalue weighted by atomic mass is 16.5. The van der Waals surface area contributed by atoms with Crippen LogP contribution < -0.4 is 5.32 Å².